The second-order valence-corrected chi connectivity index (χ2v) is 5.21. The molecule has 0 aromatic carbocycles. The Balaban J connectivity index is 3.04. The van der Waals surface area contributed by atoms with Crippen molar-refractivity contribution in [2.45, 2.75) is 27.2 Å². The lowest BCUT2D eigenvalue weighted by atomic mass is 9.94. The summed E-state index contributed by atoms with van der Waals surface area (Å²) < 4.78 is 0. The van der Waals surface area contributed by atoms with Crippen LogP contribution in [0.3, 0.4) is 0 Å². The van der Waals surface area contributed by atoms with Gasteiger partial charge in [0, 0.05) is 11.6 Å². The maximum atomic E-state index is 5.53. The summed E-state index contributed by atoms with van der Waals surface area (Å²) in [4.78, 5) is 0. The first-order valence-electron chi connectivity index (χ1n) is 3.70. The van der Waals surface area contributed by atoms with Crippen LogP contribution in [0.1, 0.15) is 27.2 Å². The fourth-order valence-corrected chi connectivity index (χ4v) is 1.93. The third-order valence-electron chi connectivity index (χ3n) is 1.22. The maximum Gasteiger partial charge on any atom is 0.0314 e. The van der Waals surface area contributed by atoms with Crippen molar-refractivity contribution in [1.29, 1.82) is 0 Å². The van der Waals surface area contributed by atoms with Gasteiger partial charge in [-0.15, -0.1) is 11.6 Å². The largest absolute Gasteiger partial charge is 0.161 e. The summed E-state index contributed by atoms with van der Waals surface area (Å²) in [5.41, 5.74) is 0.485. The van der Waals surface area contributed by atoms with E-state index in [1.165, 1.54) is 12.2 Å². The van der Waals surface area contributed by atoms with Crippen LogP contribution in [0.4, 0.5) is 0 Å². The number of alkyl halides is 1. The maximum absolute atomic E-state index is 5.53. The van der Waals surface area contributed by atoms with Crippen LogP contribution in [-0.4, -0.2) is 17.4 Å². The Kier molecular flexibility index (Phi) is 5.65. The molecule has 0 aliphatic heterocycles. The minimum absolute atomic E-state index is 0.485. The van der Waals surface area contributed by atoms with E-state index in [0.29, 0.717) is 5.41 Å². The Labute approximate surface area is 73.7 Å². The molecule has 0 rings (SSSR count). The van der Waals surface area contributed by atoms with E-state index in [0.717, 1.165) is 11.6 Å². The van der Waals surface area contributed by atoms with Gasteiger partial charge in [0.05, 0.1) is 0 Å². The zero-order valence-electron chi connectivity index (χ0n) is 7.11. The second-order valence-electron chi connectivity index (χ2n) is 3.61. The van der Waals surface area contributed by atoms with Crippen molar-refractivity contribution >= 4 is 23.4 Å². The molecule has 0 aromatic rings. The lowest BCUT2D eigenvalue weighted by Crippen LogP contribution is -2.06. The molecule has 10 heavy (non-hydrogen) atoms. The molecule has 0 unspecified atom stereocenters. The fourth-order valence-electron chi connectivity index (χ4n) is 0.535. The molecule has 0 saturated carbocycles. The molecule has 0 aliphatic rings. The van der Waals surface area contributed by atoms with Crippen molar-refractivity contribution in [2.24, 2.45) is 5.41 Å². The number of hydrogen-bond acceptors (Lipinski definition) is 1. The predicted octanol–water partition coefficient (Wildman–Crippen LogP) is 3.39. The van der Waals surface area contributed by atoms with Gasteiger partial charge in [-0.25, -0.2) is 0 Å². The van der Waals surface area contributed by atoms with Crippen LogP contribution in [0.2, 0.25) is 0 Å². The van der Waals surface area contributed by atoms with Crippen molar-refractivity contribution in [1.82, 2.24) is 0 Å². The van der Waals surface area contributed by atoms with Gasteiger partial charge in [-0.2, -0.15) is 11.8 Å². The van der Waals surface area contributed by atoms with E-state index in [9.17, 15) is 0 Å². The van der Waals surface area contributed by atoms with E-state index in [4.69, 9.17) is 11.6 Å². The van der Waals surface area contributed by atoms with Crippen molar-refractivity contribution in [2.75, 3.05) is 17.4 Å². The van der Waals surface area contributed by atoms with Crippen molar-refractivity contribution in [3.05, 3.63) is 0 Å². The molecule has 0 aromatic heterocycles. The number of thioether (sulfide) groups is 1. The van der Waals surface area contributed by atoms with Crippen molar-refractivity contribution in [3.63, 3.8) is 0 Å². The Hall–Kier alpha value is 0.640. The second kappa shape index (κ2) is 5.31. The van der Waals surface area contributed by atoms with Crippen molar-refractivity contribution < 1.29 is 0 Å². The predicted molar refractivity (Wildman–Crippen MR) is 52.1 cm³/mol. The standard InChI is InChI=1S/C8H17ClS/c1-8(2,3)4-6-10-7-5-9/h4-7H2,1-3H3. The van der Waals surface area contributed by atoms with E-state index < -0.39 is 0 Å². The molecule has 0 bridgehead atoms. The third-order valence-corrected chi connectivity index (χ3v) is 2.62. The number of hydrogen-bond donors (Lipinski definition) is 0. The normalized spacial score (nSPS) is 12.0. The molecule has 62 valence electrons. The number of rotatable bonds is 4. The van der Waals surface area contributed by atoms with Gasteiger partial charge < -0.3 is 0 Å². The summed E-state index contributed by atoms with van der Waals surface area (Å²) in [7, 11) is 0. The third kappa shape index (κ3) is 8.64. The van der Waals surface area contributed by atoms with Crippen molar-refractivity contribution in [3.8, 4) is 0 Å². The first-order valence-corrected chi connectivity index (χ1v) is 5.39. The van der Waals surface area contributed by atoms with Crippen LogP contribution in [0.5, 0.6) is 0 Å². The van der Waals surface area contributed by atoms with Gasteiger partial charge in [-0.05, 0) is 17.6 Å². The topological polar surface area (TPSA) is 0 Å². The Morgan fingerprint density at radius 2 is 1.80 bits per heavy atom. The monoisotopic (exact) mass is 180 g/mol. The van der Waals surface area contributed by atoms with E-state index >= 15 is 0 Å². The van der Waals surface area contributed by atoms with Crippen LogP contribution in [0, 0.1) is 5.41 Å². The average Bonchev–Trinajstić information content (AvgIpc) is 1.78. The zero-order valence-corrected chi connectivity index (χ0v) is 8.69. The molecule has 0 saturated heterocycles. The number of halogens is 1. The molecule has 2 heteroatoms. The van der Waals surface area contributed by atoms with Crippen LogP contribution < -0.4 is 0 Å². The summed E-state index contributed by atoms with van der Waals surface area (Å²) in [6.45, 7) is 6.82. The Morgan fingerprint density at radius 1 is 1.20 bits per heavy atom. The van der Waals surface area contributed by atoms with Gasteiger partial charge in [-0.1, -0.05) is 20.8 Å². The van der Waals surface area contributed by atoms with E-state index in [-0.39, 0.29) is 0 Å². The van der Waals surface area contributed by atoms with Gasteiger partial charge in [0.25, 0.3) is 0 Å². The first kappa shape index (κ1) is 10.6. The minimum atomic E-state index is 0.485. The van der Waals surface area contributed by atoms with E-state index in [2.05, 4.69) is 20.8 Å². The van der Waals surface area contributed by atoms with Crippen LogP contribution in [0.15, 0.2) is 0 Å². The lowest BCUT2D eigenvalue weighted by Gasteiger charge is -2.16. The van der Waals surface area contributed by atoms with Gasteiger partial charge in [0.1, 0.15) is 0 Å². The van der Waals surface area contributed by atoms with Crippen LogP contribution in [-0.2, 0) is 0 Å². The van der Waals surface area contributed by atoms with Gasteiger partial charge in [-0.3, -0.25) is 0 Å². The highest BCUT2D eigenvalue weighted by Crippen LogP contribution is 2.21. The summed E-state index contributed by atoms with van der Waals surface area (Å²) in [6, 6.07) is 0. The molecule has 0 radical (unpaired) electrons. The molecule has 0 aliphatic carbocycles. The molecular weight excluding hydrogens is 164 g/mol. The van der Waals surface area contributed by atoms with Gasteiger partial charge >= 0.3 is 0 Å². The minimum Gasteiger partial charge on any atom is -0.161 e. The summed E-state index contributed by atoms with van der Waals surface area (Å²) in [5, 5.41) is 0. The molecule has 0 N–H and O–H groups in total. The van der Waals surface area contributed by atoms with Gasteiger partial charge in [0.2, 0.25) is 0 Å². The smallest absolute Gasteiger partial charge is 0.0314 e. The Bertz CT molecular complexity index is 75.8. The highest BCUT2D eigenvalue weighted by Gasteiger charge is 2.08. The Morgan fingerprint density at radius 3 is 2.20 bits per heavy atom. The van der Waals surface area contributed by atoms with Gasteiger partial charge in [0.15, 0.2) is 0 Å². The van der Waals surface area contributed by atoms with Crippen LogP contribution >= 0.6 is 23.4 Å². The van der Waals surface area contributed by atoms with E-state index in [1.807, 2.05) is 11.8 Å². The first-order chi connectivity index (χ1) is 4.56. The lowest BCUT2D eigenvalue weighted by molar-refractivity contribution is 0.401. The summed E-state index contributed by atoms with van der Waals surface area (Å²) >= 11 is 7.48. The molecule has 0 nitrogen and oxygen atoms in total. The summed E-state index contributed by atoms with van der Waals surface area (Å²) in [6.07, 6.45) is 1.29. The highest BCUT2D eigenvalue weighted by atomic mass is 35.5. The molecule has 0 spiro atoms. The quantitative estimate of drug-likeness (QED) is 0.472. The molecule has 0 atom stereocenters. The van der Waals surface area contributed by atoms with Crippen LogP contribution in [0.25, 0.3) is 0 Å². The average molecular weight is 181 g/mol. The fraction of sp³-hybridized carbons (Fsp3) is 1.00. The molecule has 0 heterocycles. The molecule has 0 fully saturated rings. The SMILES string of the molecule is CC(C)(C)CCSCCCl. The zero-order chi connectivity index (χ0) is 8.04. The summed E-state index contributed by atoms with van der Waals surface area (Å²) in [5.74, 6) is 3.13. The molecule has 0 amide bonds. The molecular formula is C8H17ClS. The van der Waals surface area contributed by atoms with E-state index in [1.54, 1.807) is 0 Å². The highest BCUT2D eigenvalue weighted by molar-refractivity contribution is 7.99.